The summed E-state index contributed by atoms with van der Waals surface area (Å²) in [4.78, 5) is 35.9. The molecule has 6 nitrogen and oxygen atoms in total. The Labute approximate surface area is 153 Å². The first-order valence-electron chi connectivity index (χ1n) is 9.20. The van der Waals surface area contributed by atoms with Gasteiger partial charge in [-0.1, -0.05) is 6.92 Å². The smallest absolute Gasteiger partial charge is 0.321 e. The van der Waals surface area contributed by atoms with Gasteiger partial charge in [-0.2, -0.15) is 0 Å². The first kappa shape index (κ1) is 18.5. The Morgan fingerprint density at radius 1 is 1.20 bits per heavy atom. The number of halogens is 1. The van der Waals surface area contributed by atoms with Gasteiger partial charge in [-0.3, -0.25) is 14.9 Å². The van der Waals surface area contributed by atoms with Crippen LogP contribution in [-0.2, 0) is 14.3 Å². The van der Waals surface area contributed by atoms with Gasteiger partial charge in [-0.05, 0) is 63.7 Å². The maximum Gasteiger partial charge on any atom is 0.321 e. The molecular formula is C18H27ClN2O4. The average Bonchev–Trinajstić information content (AvgIpc) is 2.49. The van der Waals surface area contributed by atoms with Crippen molar-refractivity contribution in [1.82, 2.24) is 10.6 Å². The Morgan fingerprint density at radius 3 is 2.40 bits per heavy atom. The Morgan fingerprint density at radius 2 is 1.84 bits per heavy atom. The van der Waals surface area contributed by atoms with Gasteiger partial charge in [0.25, 0.3) is 5.91 Å². The van der Waals surface area contributed by atoms with E-state index < -0.39 is 24.0 Å². The van der Waals surface area contributed by atoms with Gasteiger partial charge in [-0.25, -0.2) is 4.79 Å². The van der Waals surface area contributed by atoms with Crippen LogP contribution in [0, 0.1) is 17.3 Å². The molecule has 2 N–H and O–H groups in total. The molecule has 0 saturated heterocycles. The summed E-state index contributed by atoms with van der Waals surface area (Å²) in [6.07, 6.45) is 6.15. The zero-order valence-electron chi connectivity index (χ0n) is 14.9. The Bertz CT molecular complexity index is 565. The van der Waals surface area contributed by atoms with E-state index in [0.717, 1.165) is 38.5 Å². The molecule has 0 aliphatic heterocycles. The second kappa shape index (κ2) is 6.78. The highest BCUT2D eigenvalue weighted by atomic mass is 35.5. The number of alkyl halides is 1. The summed E-state index contributed by atoms with van der Waals surface area (Å²) in [5, 5.41) is 4.82. The maximum atomic E-state index is 12.7. The summed E-state index contributed by atoms with van der Waals surface area (Å²) in [6, 6.07) is -0.591. The summed E-state index contributed by atoms with van der Waals surface area (Å²) < 4.78 is 5.28. The van der Waals surface area contributed by atoms with E-state index in [-0.39, 0.29) is 16.9 Å². The maximum absolute atomic E-state index is 12.7. The molecule has 0 heterocycles. The number of imide groups is 1. The fourth-order valence-corrected chi connectivity index (χ4v) is 5.89. The van der Waals surface area contributed by atoms with Crippen LogP contribution in [0.4, 0.5) is 4.79 Å². The third kappa shape index (κ3) is 3.94. The zero-order valence-corrected chi connectivity index (χ0v) is 15.7. The minimum Gasteiger partial charge on any atom is -0.455 e. The minimum absolute atomic E-state index is 0.0257. The van der Waals surface area contributed by atoms with E-state index in [0.29, 0.717) is 18.3 Å². The number of rotatable bonds is 5. The van der Waals surface area contributed by atoms with Crippen LogP contribution in [-0.4, -0.2) is 35.4 Å². The Hall–Kier alpha value is -1.30. The Balaban J connectivity index is 1.51. The van der Waals surface area contributed by atoms with Crippen molar-refractivity contribution >= 4 is 29.5 Å². The molecule has 4 rings (SSSR count). The molecule has 4 aliphatic rings. The second-order valence-corrected chi connectivity index (χ2v) is 9.10. The van der Waals surface area contributed by atoms with Crippen LogP contribution < -0.4 is 10.6 Å². The predicted octanol–water partition coefficient (Wildman–Crippen LogP) is 2.73. The van der Waals surface area contributed by atoms with E-state index in [4.69, 9.17) is 16.3 Å². The number of carbonyl (C=O) groups is 3. The molecule has 25 heavy (non-hydrogen) atoms. The van der Waals surface area contributed by atoms with Gasteiger partial charge in [0.1, 0.15) is 0 Å². The van der Waals surface area contributed by atoms with E-state index in [9.17, 15) is 14.4 Å². The molecule has 0 unspecified atom stereocenters. The van der Waals surface area contributed by atoms with Crippen LogP contribution in [0.25, 0.3) is 0 Å². The highest BCUT2D eigenvalue weighted by molar-refractivity contribution is 6.24. The molecule has 0 aromatic carbocycles. The molecule has 0 aromatic rings. The second-order valence-electron chi connectivity index (χ2n) is 8.30. The third-order valence-corrected chi connectivity index (χ3v) is 6.44. The van der Waals surface area contributed by atoms with Crippen LogP contribution in [0.15, 0.2) is 0 Å². The summed E-state index contributed by atoms with van der Waals surface area (Å²) >= 11 is 6.72. The van der Waals surface area contributed by atoms with Gasteiger partial charge in [-0.15, -0.1) is 11.6 Å². The zero-order chi connectivity index (χ0) is 18.2. The van der Waals surface area contributed by atoms with E-state index in [1.807, 2.05) is 13.8 Å². The Kier molecular flexibility index (Phi) is 5.02. The number of esters is 1. The molecule has 3 atom stereocenters. The minimum atomic E-state index is -0.612. The first-order valence-corrected chi connectivity index (χ1v) is 9.58. The summed E-state index contributed by atoms with van der Waals surface area (Å²) in [5.74, 6) is 0.0337. The van der Waals surface area contributed by atoms with Gasteiger partial charge in [0.05, 0.1) is 5.41 Å². The average molecular weight is 371 g/mol. The van der Waals surface area contributed by atoms with E-state index in [1.165, 1.54) is 0 Å². The number of ether oxygens (including phenoxy) is 1. The first-order chi connectivity index (χ1) is 11.7. The van der Waals surface area contributed by atoms with Crippen molar-refractivity contribution in [2.45, 2.75) is 69.7 Å². The molecule has 0 aromatic heterocycles. The lowest BCUT2D eigenvalue weighted by Crippen LogP contribution is -2.56. The van der Waals surface area contributed by atoms with Crippen LogP contribution >= 0.6 is 11.6 Å². The topological polar surface area (TPSA) is 84.5 Å². The molecule has 4 bridgehead atoms. The molecule has 4 saturated carbocycles. The number of carbonyl (C=O) groups excluding carboxylic acids is 3. The standard InChI is InChI=1S/C18H27ClN2O4/c1-3-11(2)20-16(24)21-14(22)9-25-15(23)17-5-12-4-13(6-17)8-18(19,7-12)10-17/h11-13H,3-10H2,1-2H3,(H2,20,21,22,24)/t11-,12-,13-,17?,18?/m0/s1. The predicted molar refractivity (Wildman–Crippen MR) is 93.1 cm³/mol. The molecule has 0 radical (unpaired) electrons. The number of amides is 3. The number of urea groups is 1. The van der Waals surface area contributed by atoms with E-state index in [1.54, 1.807) is 0 Å². The third-order valence-electron chi connectivity index (χ3n) is 6.00. The molecule has 3 amide bonds. The van der Waals surface area contributed by atoms with E-state index >= 15 is 0 Å². The van der Waals surface area contributed by atoms with Crippen LogP contribution in [0.2, 0.25) is 0 Å². The number of nitrogens with one attached hydrogen (secondary N) is 2. The number of hydrogen-bond donors (Lipinski definition) is 2. The number of hydrogen-bond acceptors (Lipinski definition) is 4. The molecule has 140 valence electrons. The lowest BCUT2D eigenvalue weighted by atomic mass is 9.49. The van der Waals surface area contributed by atoms with Gasteiger partial charge in [0.2, 0.25) is 0 Å². The van der Waals surface area contributed by atoms with Gasteiger partial charge in [0.15, 0.2) is 6.61 Å². The SMILES string of the molecule is CC[C@H](C)NC(=O)NC(=O)COC(=O)C12C[C@@H]3C[C@H](CC(Cl)(C3)C1)C2. The molecule has 4 fully saturated rings. The lowest BCUT2D eigenvalue weighted by molar-refractivity contribution is -0.171. The highest BCUT2D eigenvalue weighted by Crippen LogP contribution is 2.64. The summed E-state index contributed by atoms with van der Waals surface area (Å²) in [7, 11) is 0. The summed E-state index contributed by atoms with van der Waals surface area (Å²) in [6.45, 7) is 3.35. The van der Waals surface area contributed by atoms with Crippen molar-refractivity contribution in [2.75, 3.05) is 6.61 Å². The lowest BCUT2D eigenvalue weighted by Gasteiger charge is -2.58. The fraction of sp³-hybridized carbons (Fsp3) is 0.833. The largest absolute Gasteiger partial charge is 0.455 e. The van der Waals surface area contributed by atoms with Crippen LogP contribution in [0.3, 0.4) is 0 Å². The normalized spacial score (nSPS) is 36.6. The van der Waals surface area contributed by atoms with Crippen LogP contribution in [0.5, 0.6) is 0 Å². The highest BCUT2D eigenvalue weighted by Gasteiger charge is 2.60. The molecule has 7 heteroatoms. The van der Waals surface area contributed by atoms with Crippen molar-refractivity contribution < 1.29 is 19.1 Å². The van der Waals surface area contributed by atoms with Crippen molar-refractivity contribution in [1.29, 1.82) is 0 Å². The molecule has 4 aliphatic carbocycles. The van der Waals surface area contributed by atoms with Crippen molar-refractivity contribution in [2.24, 2.45) is 17.3 Å². The quantitative estimate of drug-likeness (QED) is 0.575. The van der Waals surface area contributed by atoms with Gasteiger partial charge in [0, 0.05) is 10.9 Å². The van der Waals surface area contributed by atoms with Crippen molar-refractivity contribution in [3.63, 3.8) is 0 Å². The van der Waals surface area contributed by atoms with Gasteiger partial charge >= 0.3 is 12.0 Å². The molecular weight excluding hydrogens is 344 g/mol. The molecule has 0 spiro atoms. The van der Waals surface area contributed by atoms with E-state index in [2.05, 4.69) is 10.6 Å². The van der Waals surface area contributed by atoms with Crippen LogP contribution in [0.1, 0.15) is 58.8 Å². The van der Waals surface area contributed by atoms with Gasteiger partial charge < -0.3 is 10.1 Å². The monoisotopic (exact) mass is 370 g/mol. The summed E-state index contributed by atoms with van der Waals surface area (Å²) in [5.41, 5.74) is -0.537. The van der Waals surface area contributed by atoms with Crippen molar-refractivity contribution in [3.8, 4) is 0 Å². The fourth-order valence-electron chi connectivity index (χ4n) is 5.20. The van der Waals surface area contributed by atoms with Crippen molar-refractivity contribution in [3.05, 3.63) is 0 Å².